The van der Waals surface area contributed by atoms with Gasteiger partial charge in [-0.3, -0.25) is 9.59 Å². The summed E-state index contributed by atoms with van der Waals surface area (Å²) in [5, 5.41) is 4.98. The summed E-state index contributed by atoms with van der Waals surface area (Å²) in [4.78, 5) is 26.9. The van der Waals surface area contributed by atoms with Gasteiger partial charge in [-0.2, -0.15) is 0 Å². The highest BCUT2D eigenvalue weighted by Gasteiger charge is 2.23. The van der Waals surface area contributed by atoms with E-state index in [1.54, 1.807) is 5.38 Å². The summed E-state index contributed by atoms with van der Waals surface area (Å²) in [6, 6.07) is 0. The first-order chi connectivity index (χ1) is 7.66. The van der Waals surface area contributed by atoms with E-state index in [1.807, 2.05) is 0 Å². The van der Waals surface area contributed by atoms with Crippen LogP contribution < -0.4 is 5.32 Å². The van der Waals surface area contributed by atoms with Gasteiger partial charge in [-0.1, -0.05) is 12.8 Å². The second-order valence-electron chi connectivity index (χ2n) is 4.06. The van der Waals surface area contributed by atoms with Crippen LogP contribution >= 0.6 is 11.3 Å². The van der Waals surface area contributed by atoms with Gasteiger partial charge < -0.3 is 5.32 Å². The Kier molecular flexibility index (Phi) is 3.33. The molecule has 1 aliphatic carbocycles. The van der Waals surface area contributed by atoms with Crippen LogP contribution in [0.3, 0.4) is 0 Å². The minimum absolute atomic E-state index is 0.0435. The summed E-state index contributed by atoms with van der Waals surface area (Å²) in [5.74, 6) is 0.101. The first-order valence-electron chi connectivity index (χ1n) is 5.44. The van der Waals surface area contributed by atoms with Crippen LogP contribution in [0.25, 0.3) is 0 Å². The van der Waals surface area contributed by atoms with Crippen LogP contribution in [0.4, 0.5) is 5.13 Å². The van der Waals surface area contributed by atoms with Crippen molar-refractivity contribution in [3.63, 3.8) is 0 Å². The monoisotopic (exact) mass is 238 g/mol. The van der Waals surface area contributed by atoms with Gasteiger partial charge in [0.25, 0.3) is 0 Å². The van der Waals surface area contributed by atoms with E-state index in [4.69, 9.17) is 0 Å². The number of amides is 1. The third-order valence-electron chi connectivity index (χ3n) is 2.82. The fourth-order valence-electron chi connectivity index (χ4n) is 1.89. The van der Waals surface area contributed by atoms with Crippen molar-refractivity contribution in [2.24, 2.45) is 5.92 Å². The van der Waals surface area contributed by atoms with Crippen molar-refractivity contribution < 1.29 is 9.59 Å². The van der Waals surface area contributed by atoms with Gasteiger partial charge in [-0.15, -0.1) is 11.3 Å². The van der Waals surface area contributed by atoms with Crippen molar-refractivity contribution in [2.45, 2.75) is 32.6 Å². The van der Waals surface area contributed by atoms with E-state index < -0.39 is 0 Å². The number of rotatable bonds is 3. The second kappa shape index (κ2) is 4.74. The Balaban J connectivity index is 1.97. The van der Waals surface area contributed by atoms with Crippen LogP contribution in [0.15, 0.2) is 5.38 Å². The molecule has 1 amide bonds. The lowest BCUT2D eigenvalue weighted by atomic mass is 10.1. The van der Waals surface area contributed by atoms with E-state index in [1.165, 1.54) is 18.3 Å². The molecule has 4 nitrogen and oxygen atoms in total. The standard InChI is InChI=1S/C11H14N2O2S/c1-7(14)9-6-16-11(12-9)13-10(15)8-4-2-3-5-8/h6,8H,2-5H2,1H3,(H,12,13,15). The maximum Gasteiger partial charge on any atom is 0.229 e. The molecule has 1 heterocycles. The van der Waals surface area contributed by atoms with Gasteiger partial charge in [-0.05, 0) is 12.8 Å². The molecule has 2 rings (SSSR count). The molecule has 16 heavy (non-hydrogen) atoms. The van der Waals surface area contributed by atoms with Crippen molar-refractivity contribution in [2.75, 3.05) is 5.32 Å². The van der Waals surface area contributed by atoms with Gasteiger partial charge in [0, 0.05) is 18.2 Å². The minimum Gasteiger partial charge on any atom is -0.302 e. The number of thiazole rings is 1. The highest BCUT2D eigenvalue weighted by molar-refractivity contribution is 7.14. The molecule has 1 aromatic rings. The van der Waals surface area contributed by atoms with Crippen LogP contribution in [-0.4, -0.2) is 16.7 Å². The SMILES string of the molecule is CC(=O)c1csc(NC(=O)C2CCCC2)n1. The van der Waals surface area contributed by atoms with Gasteiger partial charge >= 0.3 is 0 Å². The fraction of sp³-hybridized carbons (Fsp3) is 0.545. The predicted octanol–water partition coefficient (Wildman–Crippen LogP) is 2.47. The third kappa shape index (κ3) is 2.47. The highest BCUT2D eigenvalue weighted by atomic mass is 32.1. The Morgan fingerprint density at radius 1 is 1.44 bits per heavy atom. The van der Waals surface area contributed by atoms with E-state index in [2.05, 4.69) is 10.3 Å². The predicted molar refractivity (Wildman–Crippen MR) is 62.7 cm³/mol. The van der Waals surface area contributed by atoms with E-state index in [9.17, 15) is 9.59 Å². The average molecular weight is 238 g/mol. The van der Waals surface area contributed by atoms with Gasteiger partial charge in [0.15, 0.2) is 10.9 Å². The maximum absolute atomic E-state index is 11.8. The summed E-state index contributed by atoms with van der Waals surface area (Å²) in [7, 11) is 0. The minimum atomic E-state index is -0.0717. The lowest BCUT2D eigenvalue weighted by molar-refractivity contribution is -0.119. The number of ketones is 1. The second-order valence-corrected chi connectivity index (χ2v) is 4.92. The lowest BCUT2D eigenvalue weighted by Crippen LogP contribution is -2.20. The Bertz CT molecular complexity index is 408. The highest BCUT2D eigenvalue weighted by Crippen LogP contribution is 2.26. The zero-order valence-electron chi connectivity index (χ0n) is 9.16. The number of nitrogens with one attached hydrogen (secondary N) is 1. The molecule has 0 saturated heterocycles. The molecular weight excluding hydrogens is 224 g/mol. The van der Waals surface area contributed by atoms with Crippen LogP contribution in [0.5, 0.6) is 0 Å². The lowest BCUT2D eigenvalue weighted by Gasteiger charge is -2.07. The number of nitrogens with zero attached hydrogens (tertiary/aromatic N) is 1. The van der Waals surface area contributed by atoms with Crippen LogP contribution in [0.2, 0.25) is 0 Å². The van der Waals surface area contributed by atoms with Crippen LogP contribution in [0, 0.1) is 5.92 Å². The maximum atomic E-state index is 11.8. The van der Waals surface area contributed by atoms with E-state index in [0.717, 1.165) is 25.7 Å². The van der Waals surface area contributed by atoms with E-state index >= 15 is 0 Å². The summed E-state index contributed by atoms with van der Waals surface area (Å²) in [6.45, 7) is 1.47. The molecule has 0 spiro atoms. The summed E-state index contributed by atoms with van der Waals surface area (Å²) < 4.78 is 0. The molecule has 1 saturated carbocycles. The number of aromatic nitrogens is 1. The molecule has 0 aliphatic heterocycles. The quantitative estimate of drug-likeness (QED) is 0.823. The van der Waals surface area contributed by atoms with Crippen LogP contribution in [-0.2, 0) is 4.79 Å². The van der Waals surface area contributed by atoms with Crippen LogP contribution in [0.1, 0.15) is 43.1 Å². The van der Waals surface area contributed by atoms with Crippen molar-refractivity contribution in [3.05, 3.63) is 11.1 Å². The number of hydrogen-bond donors (Lipinski definition) is 1. The normalized spacial score (nSPS) is 16.3. The van der Waals surface area contributed by atoms with Gasteiger partial charge in [0.1, 0.15) is 5.69 Å². The fourth-order valence-corrected chi connectivity index (χ4v) is 2.64. The largest absolute Gasteiger partial charge is 0.302 e. The smallest absolute Gasteiger partial charge is 0.229 e. The van der Waals surface area contributed by atoms with Crippen molar-refractivity contribution >= 4 is 28.2 Å². The molecule has 0 bridgehead atoms. The van der Waals surface area contributed by atoms with Gasteiger partial charge in [0.2, 0.25) is 5.91 Å². The molecule has 1 N–H and O–H groups in total. The zero-order valence-corrected chi connectivity index (χ0v) is 9.97. The average Bonchev–Trinajstić information content (AvgIpc) is 2.87. The molecular formula is C11H14N2O2S. The molecule has 1 aliphatic rings. The Morgan fingerprint density at radius 3 is 2.69 bits per heavy atom. The Labute approximate surface area is 98.1 Å². The third-order valence-corrected chi connectivity index (χ3v) is 3.58. The van der Waals surface area contributed by atoms with Crippen molar-refractivity contribution in [3.8, 4) is 0 Å². The number of anilines is 1. The topological polar surface area (TPSA) is 59.1 Å². The molecule has 1 aromatic heterocycles. The van der Waals surface area contributed by atoms with Crippen molar-refractivity contribution in [1.82, 2.24) is 4.98 Å². The molecule has 0 unspecified atom stereocenters. The zero-order chi connectivity index (χ0) is 11.5. The summed E-state index contributed by atoms with van der Waals surface area (Å²) in [6.07, 6.45) is 4.21. The molecule has 86 valence electrons. The van der Waals surface area contributed by atoms with Gasteiger partial charge in [-0.25, -0.2) is 4.98 Å². The number of hydrogen-bond acceptors (Lipinski definition) is 4. The molecule has 5 heteroatoms. The van der Waals surface area contributed by atoms with Crippen molar-refractivity contribution in [1.29, 1.82) is 0 Å². The number of carbonyl (C=O) groups excluding carboxylic acids is 2. The van der Waals surface area contributed by atoms with E-state index in [0.29, 0.717) is 10.8 Å². The number of Topliss-reactive ketones (excluding diaryl/α,β-unsaturated/α-hetero) is 1. The first kappa shape index (κ1) is 11.3. The molecule has 1 fully saturated rings. The Morgan fingerprint density at radius 2 is 2.12 bits per heavy atom. The summed E-state index contributed by atoms with van der Waals surface area (Å²) in [5.41, 5.74) is 0.423. The van der Waals surface area contributed by atoms with Gasteiger partial charge in [0.05, 0.1) is 0 Å². The first-order valence-corrected chi connectivity index (χ1v) is 6.32. The molecule has 0 radical (unpaired) electrons. The Hall–Kier alpha value is -1.23. The van der Waals surface area contributed by atoms with E-state index in [-0.39, 0.29) is 17.6 Å². The molecule has 0 atom stereocenters. The number of carbonyl (C=O) groups is 2. The molecule has 0 aromatic carbocycles. The summed E-state index contributed by atoms with van der Waals surface area (Å²) >= 11 is 1.30.